The number of pyridine rings is 1. The number of hydrogen-bond donors (Lipinski definition) is 0. The Bertz CT molecular complexity index is 1250. The van der Waals surface area contributed by atoms with Crippen molar-refractivity contribution in [3.8, 4) is 5.75 Å². The molecule has 0 amide bonds. The van der Waals surface area contributed by atoms with E-state index in [0.29, 0.717) is 23.6 Å². The van der Waals surface area contributed by atoms with Crippen molar-refractivity contribution in [3.05, 3.63) is 94.4 Å². The standard InChI is InChI=1S/C25H22ClN3O2/c1-17-22(12-14-27-16-20-5-3-4-13-28-20)23-15-21(31-2)10-11-24(23)29(17)25(30)18-6-8-19(26)9-7-18/h3-11,13,15-16H,12,14H2,1-2H3/b27-16+. The van der Waals surface area contributed by atoms with E-state index in [9.17, 15) is 4.79 Å². The van der Waals surface area contributed by atoms with Gasteiger partial charge in [0.25, 0.3) is 5.91 Å². The molecule has 0 bridgehead atoms. The van der Waals surface area contributed by atoms with Crippen molar-refractivity contribution in [1.29, 1.82) is 0 Å². The van der Waals surface area contributed by atoms with Crippen molar-refractivity contribution in [2.45, 2.75) is 13.3 Å². The molecular weight excluding hydrogens is 410 g/mol. The summed E-state index contributed by atoms with van der Waals surface area (Å²) < 4.78 is 7.18. The predicted octanol–water partition coefficient (Wildman–Crippen LogP) is 5.36. The van der Waals surface area contributed by atoms with Gasteiger partial charge < -0.3 is 4.74 Å². The first kappa shape index (κ1) is 20.8. The molecule has 0 aliphatic heterocycles. The van der Waals surface area contributed by atoms with Crippen LogP contribution in [0.4, 0.5) is 0 Å². The van der Waals surface area contributed by atoms with Crippen molar-refractivity contribution < 1.29 is 9.53 Å². The summed E-state index contributed by atoms with van der Waals surface area (Å²) in [4.78, 5) is 22.1. The highest BCUT2D eigenvalue weighted by atomic mass is 35.5. The SMILES string of the molecule is COc1ccc2c(c1)c(CC/N=C/c1ccccn1)c(C)n2C(=O)c1ccc(Cl)cc1. The number of carbonyl (C=O) groups is 1. The van der Waals surface area contributed by atoms with Crippen LogP contribution in [0.25, 0.3) is 10.9 Å². The first-order chi connectivity index (χ1) is 15.1. The minimum Gasteiger partial charge on any atom is -0.497 e. The third kappa shape index (κ3) is 4.37. The second-order valence-electron chi connectivity index (χ2n) is 7.13. The summed E-state index contributed by atoms with van der Waals surface area (Å²) in [5.74, 6) is 0.661. The van der Waals surface area contributed by atoms with E-state index >= 15 is 0 Å². The van der Waals surface area contributed by atoms with E-state index in [1.54, 1.807) is 48.4 Å². The first-order valence-electron chi connectivity index (χ1n) is 9.97. The zero-order valence-corrected chi connectivity index (χ0v) is 18.1. The van der Waals surface area contributed by atoms with Gasteiger partial charge in [0.05, 0.1) is 18.3 Å². The Morgan fingerprint density at radius 3 is 2.68 bits per heavy atom. The van der Waals surface area contributed by atoms with Gasteiger partial charge in [-0.25, -0.2) is 0 Å². The molecule has 2 heterocycles. The van der Waals surface area contributed by atoms with Gasteiger partial charge in [0, 0.05) is 40.6 Å². The number of aromatic nitrogens is 2. The Labute approximate surface area is 186 Å². The molecule has 0 N–H and O–H groups in total. The lowest BCUT2D eigenvalue weighted by atomic mass is 10.1. The van der Waals surface area contributed by atoms with Crippen molar-refractivity contribution >= 4 is 34.6 Å². The summed E-state index contributed by atoms with van der Waals surface area (Å²) in [5.41, 5.74) is 4.23. The minimum atomic E-state index is -0.0902. The minimum absolute atomic E-state index is 0.0902. The highest BCUT2D eigenvalue weighted by Gasteiger charge is 2.20. The Morgan fingerprint density at radius 2 is 1.97 bits per heavy atom. The van der Waals surface area contributed by atoms with E-state index in [1.807, 2.05) is 43.3 Å². The fourth-order valence-corrected chi connectivity index (χ4v) is 3.80. The first-order valence-corrected chi connectivity index (χ1v) is 10.4. The van der Waals surface area contributed by atoms with Gasteiger partial charge in [0.2, 0.25) is 0 Å². The van der Waals surface area contributed by atoms with E-state index in [-0.39, 0.29) is 5.91 Å². The van der Waals surface area contributed by atoms with Crippen LogP contribution in [0.5, 0.6) is 5.75 Å². The summed E-state index contributed by atoms with van der Waals surface area (Å²) in [6, 6.07) is 18.4. The topological polar surface area (TPSA) is 56.5 Å². The van der Waals surface area contributed by atoms with Gasteiger partial charge in [-0.1, -0.05) is 17.7 Å². The largest absolute Gasteiger partial charge is 0.497 e. The van der Waals surface area contributed by atoms with Crippen molar-refractivity contribution in [3.63, 3.8) is 0 Å². The number of methoxy groups -OCH3 is 1. The number of aliphatic imine (C=N–C) groups is 1. The summed E-state index contributed by atoms with van der Waals surface area (Å²) >= 11 is 5.99. The van der Waals surface area contributed by atoms with Crippen LogP contribution < -0.4 is 4.74 Å². The van der Waals surface area contributed by atoms with Crippen LogP contribution in [0.2, 0.25) is 5.02 Å². The lowest BCUT2D eigenvalue weighted by Crippen LogP contribution is -2.13. The molecule has 2 aromatic heterocycles. The Morgan fingerprint density at radius 1 is 1.16 bits per heavy atom. The molecule has 31 heavy (non-hydrogen) atoms. The average Bonchev–Trinajstić information content (AvgIpc) is 3.07. The monoisotopic (exact) mass is 431 g/mol. The summed E-state index contributed by atoms with van der Waals surface area (Å²) in [7, 11) is 1.64. The third-order valence-electron chi connectivity index (χ3n) is 5.24. The average molecular weight is 432 g/mol. The number of ether oxygens (including phenoxy) is 1. The normalized spacial score (nSPS) is 11.3. The molecule has 0 saturated heterocycles. The van der Waals surface area contributed by atoms with Crippen LogP contribution in [0, 0.1) is 6.92 Å². The predicted molar refractivity (Wildman–Crippen MR) is 125 cm³/mol. The highest BCUT2D eigenvalue weighted by Crippen LogP contribution is 2.30. The van der Waals surface area contributed by atoms with Crippen LogP contribution >= 0.6 is 11.6 Å². The number of nitrogens with zero attached hydrogens (tertiary/aromatic N) is 3. The Balaban J connectivity index is 1.70. The molecule has 156 valence electrons. The van der Waals surface area contributed by atoms with Crippen LogP contribution in [0.15, 0.2) is 71.9 Å². The van der Waals surface area contributed by atoms with E-state index in [2.05, 4.69) is 9.98 Å². The maximum absolute atomic E-state index is 13.3. The van der Waals surface area contributed by atoms with Crippen LogP contribution in [-0.4, -0.2) is 35.3 Å². The molecule has 0 atom stereocenters. The van der Waals surface area contributed by atoms with E-state index in [4.69, 9.17) is 16.3 Å². The molecule has 0 aliphatic rings. The van der Waals surface area contributed by atoms with Crippen molar-refractivity contribution in [2.24, 2.45) is 4.99 Å². The van der Waals surface area contributed by atoms with Gasteiger partial charge in [0.1, 0.15) is 5.75 Å². The number of rotatable bonds is 6. The second kappa shape index (κ2) is 9.14. The number of benzene rings is 2. The van der Waals surface area contributed by atoms with E-state index in [1.165, 1.54) is 0 Å². The van der Waals surface area contributed by atoms with E-state index < -0.39 is 0 Å². The zero-order chi connectivity index (χ0) is 21.8. The van der Waals surface area contributed by atoms with Gasteiger partial charge >= 0.3 is 0 Å². The molecule has 5 nitrogen and oxygen atoms in total. The second-order valence-corrected chi connectivity index (χ2v) is 7.57. The lowest BCUT2D eigenvalue weighted by molar-refractivity contribution is 0.0963. The smallest absolute Gasteiger partial charge is 0.262 e. The maximum atomic E-state index is 13.3. The molecule has 0 radical (unpaired) electrons. The molecule has 4 aromatic rings. The van der Waals surface area contributed by atoms with Gasteiger partial charge in [0.15, 0.2) is 0 Å². The van der Waals surface area contributed by atoms with Crippen molar-refractivity contribution in [1.82, 2.24) is 9.55 Å². The molecule has 4 rings (SSSR count). The fourth-order valence-electron chi connectivity index (χ4n) is 3.67. The van der Waals surface area contributed by atoms with Crippen LogP contribution in [0.1, 0.15) is 27.3 Å². The number of carbonyl (C=O) groups excluding carboxylic acids is 1. The maximum Gasteiger partial charge on any atom is 0.262 e. The molecule has 0 spiro atoms. The Hall–Kier alpha value is -3.44. The van der Waals surface area contributed by atoms with Crippen LogP contribution in [0.3, 0.4) is 0 Å². The zero-order valence-electron chi connectivity index (χ0n) is 17.4. The summed E-state index contributed by atoms with van der Waals surface area (Å²) in [6.45, 7) is 2.56. The molecule has 6 heteroatoms. The molecule has 0 saturated carbocycles. The fraction of sp³-hybridized carbons (Fsp3) is 0.160. The molecule has 0 aliphatic carbocycles. The molecular formula is C25H22ClN3O2. The number of hydrogen-bond acceptors (Lipinski definition) is 4. The number of halogens is 1. The molecule has 0 fully saturated rings. The van der Waals surface area contributed by atoms with Gasteiger partial charge in [-0.05, 0) is 73.5 Å². The summed E-state index contributed by atoms with van der Waals surface area (Å²) in [6.07, 6.45) is 4.21. The Kier molecular flexibility index (Phi) is 6.14. The molecule has 0 unspecified atom stereocenters. The van der Waals surface area contributed by atoms with Gasteiger partial charge in [-0.2, -0.15) is 0 Å². The van der Waals surface area contributed by atoms with Crippen LogP contribution in [-0.2, 0) is 6.42 Å². The van der Waals surface area contributed by atoms with Crippen molar-refractivity contribution in [2.75, 3.05) is 13.7 Å². The third-order valence-corrected chi connectivity index (χ3v) is 5.49. The van der Waals surface area contributed by atoms with Gasteiger partial charge in [-0.3, -0.25) is 19.3 Å². The van der Waals surface area contributed by atoms with Gasteiger partial charge in [-0.15, -0.1) is 0 Å². The lowest BCUT2D eigenvalue weighted by Gasteiger charge is -2.08. The summed E-state index contributed by atoms with van der Waals surface area (Å²) in [5, 5.41) is 1.59. The van der Waals surface area contributed by atoms with E-state index in [0.717, 1.165) is 33.6 Å². The number of fused-ring (bicyclic) bond motifs is 1. The quantitative estimate of drug-likeness (QED) is 0.386. The molecule has 2 aromatic carbocycles. The highest BCUT2D eigenvalue weighted by molar-refractivity contribution is 6.30.